The molecule has 3 atom stereocenters. The minimum absolute atomic E-state index is 0.231. The first-order valence-electron chi connectivity index (χ1n) is 9.79. The fraction of sp³-hybridized carbons (Fsp3) is 0.579. The molecule has 0 saturated carbocycles. The van der Waals surface area contributed by atoms with Crippen molar-refractivity contribution in [1.82, 2.24) is 26.6 Å². The van der Waals surface area contributed by atoms with Crippen molar-refractivity contribution < 1.29 is 19.2 Å². The van der Waals surface area contributed by atoms with Gasteiger partial charge in [-0.2, -0.15) is 0 Å². The summed E-state index contributed by atoms with van der Waals surface area (Å²) in [6.45, 7) is 2.62. The highest BCUT2D eigenvalue weighted by molar-refractivity contribution is 5.93. The molecule has 162 valence electrons. The first-order valence-corrected chi connectivity index (χ1v) is 9.79. The maximum atomic E-state index is 12.7. The van der Waals surface area contributed by atoms with Gasteiger partial charge in [-0.15, -0.1) is 0 Å². The van der Waals surface area contributed by atoms with E-state index in [1.165, 1.54) is 13.1 Å². The van der Waals surface area contributed by atoms with Gasteiger partial charge in [-0.1, -0.05) is 18.2 Å². The third-order valence-corrected chi connectivity index (χ3v) is 4.22. The van der Waals surface area contributed by atoms with E-state index >= 15 is 0 Å². The lowest BCUT2D eigenvalue weighted by Gasteiger charge is -2.22. The summed E-state index contributed by atoms with van der Waals surface area (Å²) in [7, 11) is 1.46. The molecule has 0 aromatic heterocycles. The third-order valence-electron chi connectivity index (χ3n) is 4.22. The second-order valence-electron chi connectivity index (χ2n) is 6.71. The minimum Gasteiger partial charge on any atom is -0.352 e. The largest absolute Gasteiger partial charge is 0.352 e. The molecular formula is C19H32N6O4. The highest BCUT2D eigenvalue weighted by Crippen LogP contribution is 2.03. The summed E-state index contributed by atoms with van der Waals surface area (Å²) >= 11 is 0. The van der Waals surface area contributed by atoms with Crippen molar-refractivity contribution in [3.05, 3.63) is 24.3 Å². The van der Waals surface area contributed by atoms with Gasteiger partial charge in [0.1, 0.15) is 12.1 Å². The lowest BCUT2D eigenvalue weighted by Crippen LogP contribution is -2.55. The van der Waals surface area contributed by atoms with Crippen LogP contribution in [0.1, 0.15) is 32.6 Å². The average Bonchev–Trinajstić information content (AvgIpc) is 2.69. The molecule has 1 aliphatic rings. The number of carbonyl (C=O) groups excluding carboxylic acids is 4. The summed E-state index contributed by atoms with van der Waals surface area (Å²) in [6.07, 6.45) is 8.52. The van der Waals surface area contributed by atoms with Crippen molar-refractivity contribution >= 4 is 23.8 Å². The van der Waals surface area contributed by atoms with Crippen molar-refractivity contribution in [1.29, 1.82) is 0 Å². The number of carbonyl (C=O) groups is 4. The maximum absolute atomic E-state index is 12.7. The number of nitrogens with two attached hydrogens (primary N) is 1. The van der Waals surface area contributed by atoms with E-state index in [-0.39, 0.29) is 5.91 Å². The van der Waals surface area contributed by atoms with Crippen molar-refractivity contribution in [3.63, 3.8) is 0 Å². The molecule has 0 fully saturated rings. The summed E-state index contributed by atoms with van der Waals surface area (Å²) in [5, 5.41) is 13.1. The Morgan fingerprint density at radius 2 is 2.03 bits per heavy atom. The zero-order chi connectivity index (χ0) is 21.6. The van der Waals surface area contributed by atoms with Crippen LogP contribution in [0.3, 0.4) is 0 Å². The molecule has 0 spiro atoms. The number of rotatable bonds is 7. The SMILES string of the molecule is CNC(=O)NC(CCCCN)C(=O)N[C@H]1/C=C/CCNC(=O)/C=C/[C@H](C)NC1=O. The van der Waals surface area contributed by atoms with Gasteiger partial charge >= 0.3 is 6.03 Å². The zero-order valence-electron chi connectivity index (χ0n) is 17.0. The fourth-order valence-electron chi connectivity index (χ4n) is 2.61. The number of hydrogen-bond donors (Lipinski definition) is 6. The van der Waals surface area contributed by atoms with Crippen LogP contribution in [0.15, 0.2) is 24.3 Å². The summed E-state index contributed by atoms with van der Waals surface area (Å²) in [5.74, 6) is -1.10. The van der Waals surface area contributed by atoms with Gasteiger partial charge in [-0.25, -0.2) is 4.79 Å². The number of urea groups is 1. The second-order valence-corrected chi connectivity index (χ2v) is 6.71. The minimum atomic E-state index is -0.906. The molecule has 0 saturated heterocycles. The van der Waals surface area contributed by atoms with Crippen LogP contribution in [0.2, 0.25) is 0 Å². The van der Waals surface area contributed by atoms with Crippen molar-refractivity contribution in [2.24, 2.45) is 5.73 Å². The Morgan fingerprint density at radius 1 is 1.28 bits per heavy atom. The van der Waals surface area contributed by atoms with E-state index in [1.54, 1.807) is 25.2 Å². The molecule has 1 aliphatic heterocycles. The van der Waals surface area contributed by atoms with Crippen LogP contribution in [0, 0.1) is 0 Å². The third kappa shape index (κ3) is 9.74. The molecule has 7 N–H and O–H groups in total. The van der Waals surface area contributed by atoms with Crippen LogP contribution in [0.25, 0.3) is 0 Å². The fourth-order valence-corrected chi connectivity index (χ4v) is 2.61. The van der Waals surface area contributed by atoms with Crippen LogP contribution >= 0.6 is 0 Å². The van der Waals surface area contributed by atoms with E-state index < -0.39 is 36.0 Å². The van der Waals surface area contributed by atoms with Crippen LogP contribution in [0.5, 0.6) is 0 Å². The topological polar surface area (TPSA) is 154 Å². The quantitative estimate of drug-likeness (QED) is 0.236. The number of hydrogen-bond acceptors (Lipinski definition) is 5. The van der Waals surface area contributed by atoms with E-state index in [4.69, 9.17) is 5.73 Å². The Morgan fingerprint density at radius 3 is 2.72 bits per heavy atom. The molecular weight excluding hydrogens is 376 g/mol. The Balaban J connectivity index is 2.87. The van der Waals surface area contributed by atoms with Gasteiger partial charge in [-0.05, 0) is 39.2 Å². The van der Waals surface area contributed by atoms with Crippen molar-refractivity contribution in [2.75, 3.05) is 20.1 Å². The Labute approximate surface area is 171 Å². The van der Waals surface area contributed by atoms with Crippen molar-refractivity contribution in [3.8, 4) is 0 Å². The second kappa shape index (κ2) is 13.3. The molecule has 0 radical (unpaired) electrons. The van der Waals surface area contributed by atoms with E-state index in [0.717, 1.165) is 6.42 Å². The van der Waals surface area contributed by atoms with Crippen LogP contribution < -0.4 is 32.3 Å². The highest BCUT2D eigenvalue weighted by Gasteiger charge is 2.25. The lowest BCUT2D eigenvalue weighted by atomic mass is 10.1. The predicted octanol–water partition coefficient (Wildman–Crippen LogP) is -0.965. The van der Waals surface area contributed by atoms with Gasteiger partial charge in [0.25, 0.3) is 0 Å². The van der Waals surface area contributed by atoms with Crippen molar-refractivity contribution in [2.45, 2.75) is 50.7 Å². The van der Waals surface area contributed by atoms with Gasteiger partial charge < -0.3 is 32.3 Å². The molecule has 10 nitrogen and oxygen atoms in total. The molecule has 0 aromatic rings. The smallest absolute Gasteiger partial charge is 0.315 e. The van der Waals surface area contributed by atoms with E-state index in [1.807, 2.05) is 0 Å². The predicted molar refractivity (Wildman–Crippen MR) is 110 cm³/mol. The van der Waals surface area contributed by atoms with E-state index in [0.29, 0.717) is 32.4 Å². The highest BCUT2D eigenvalue weighted by atomic mass is 16.2. The Bertz CT molecular complexity index is 634. The molecule has 1 unspecified atom stereocenters. The summed E-state index contributed by atoms with van der Waals surface area (Å²) < 4.78 is 0. The summed E-state index contributed by atoms with van der Waals surface area (Å²) in [5.41, 5.74) is 5.50. The number of amides is 5. The van der Waals surface area contributed by atoms with Gasteiger partial charge in [0.05, 0.1) is 0 Å². The van der Waals surface area contributed by atoms with Gasteiger partial charge in [0.15, 0.2) is 0 Å². The van der Waals surface area contributed by atoms with Gasteiger partial charge in [0.2, 0.25) is 17.7 Å². The monoisotopic (exact) mass is 408 g/mol. The first-order chi connectivity index (χ1) is 13.9. The Hall–Kier alpha value is -2.88. The zero-order valence-corrected chi connectivity index (χ0v) is 17.0. The Kier molecular flexibility index (Phi) is 11.1. The first kappa shape index (κ1) is 24.2. The summed E-state index contributed by atoms with van der Waals surface area (Å²) in [6, 6.07) is -2.58. The van der Waals surface area contributed by atoms with Crippen LogP contribution in [0.4, 0.5) is 4.79 Å². The standard InChI is InChI=1S/C19H32N6O4/c1-13-9-10-16(26)22-12-6-4-8-14(17(27)23-13)24-18(28)15(7-3-5-11-20)25-19(29)21-2/h4,8-10,13-15H,3,5-7,11-12,20H2,1-2H3,(H,22,26)(H,23,27)(H,24,28)(H2,21,25,29)/b8-4+,10-9+/t13-,14-,15?/m0/s1. The van der Waals surface area contributed by atoms with Gasteiger partial charge in [-0.3, -0.25) is 14.4 Å². The number of unbranched alkanes of at least 4 members (excludes halogenated alkanes) is 1. The summed E-state index contributed by atoms with van der Waals surface area (Å²) in [4.78, 5) is 48.6. The molecule has 29 heavy (non-hydrogen) atoms. The van der Waals surface area contributed by atoms with E-state index in [2.05, 4.69) is 26.6 Å². The molecule has 0 aromatic carbocycles. The number of nitrogens with one attached hydrogen (secondary N) is 5. The van der Waals surface area contributed by atoms with Crippen LogP contribution in [-0.2, 0) is 14.4 Å². The van der Waals surface area contributed by atoms with Gasteiger partial charge in [0, 0.05) is 25.7 Å². The average molecular weight is 409 g/mol. The molecule has 1 heterocycles. The normalized spacial score (nSPS) is 23.3. The molecule has 5 amide bonds. The molecule has 0 bridgehead atoms. The van der Waals surface area contributed by atoms with E-state index in [9.17, 15) is 19.2 Å². The maximum Gasteiger partial charge on any atom is 0.315 e. The molecule has 10 heteroatoms. The lowest BCUT2D eigenvalue weighted by molar-refractivity contribution is -0.129. The molecule has 1 rings (SSSR count). The molecule has 0 aliphatic carbocycles. The van der Waals surface area contributed by atoms with Crippen LogP contribution in [-0.4, -0.2) is 62.0 Å².